The van der Waals surface area contributed by atoms with E-state index in [0.29, 0.717) is 12.2 Å². The lowest BCUT2D eigenvalue weighted by atomic mass is 10.2. The minimum atomic E-state index is -0.989. The maximum Gasteiger partial charge on any atom is 0.323 e. The van der Waals surface area contributed by atoms with Gasteiger partial charge in [-0.2, -0.15) is 0 Å². The molecule has 0 unspecified atom stereocenters. The molecule has 1 N–H and O–H groups in total. The van der Waals surface area contributed by atoms with Crippen LogP contribution in [0.25, 0.3) is 0 Å². The van der Waals surface area contributed by atoms with E-state index in [1.54, 1.807) is 6.07 Å². The van der Waals surface area contributed by atoms with Crippen molar-refractivity contribution in [3.8, 4) is 0 Å². The highest BCUT2D eigenvalue weighted by atomic mass is 16.4. The normalized spacial score (nSPS) is 11.1. The number of hydrogen-bond acceptors (Lipinski definition) is 2. The number of carboxylic acid groups (broad SMARTS) is 1. The molecule has 0 radical (unpaired) electrons. The van der Waals surface area contributed by atoms with Crippen LogP contribution in [0.1, 0.15) is 44.2 Å². The zero-order chi connectivity index (χ0) is 14.6. The van der Waals surface area contributed by atoms with Crippen molar-refractivity contribution in [2.24, 2.45) is 5.92 Å². The molecule has 0 aliphatic rings. The molecule has 0 spiro atoms. The average molecular weight is 266 g/mol. The molecule has 1 heterocycles. The average Bonchev–Trinajstić information content (AvgIpc) is 2.74. The number of hydrogen-bond donors (Lipinski definition) is 1. The van der Waals surface area contributed by atoms with Crippen LogP contribution in [0.4, 0.5) is 0 Å². The van der Waals surface area contributed by atoms with Gasteiger partial charge in [-0.05, 0) is 31.9 Å². The summed E-state index contributed by atoms with van der Waals surface area (Å²) in [7, 11) is 0. The second kappa shape index (κ2) is 6.41. The summed E-state index contributed by atoms with van der Waals surface area (Å²) < 4.78 is 1.86. The first-order valence-electron chi connectivity index (χ1n) is 6.50. The predicted molar refractivity (Wildman–Crippen MR) is 73.2 cm³/mol. The van der Waals surface area contributed by atoms with Gasteiger partial charge in [0.25, 0.3) is 5.91 Å². The van der Waals surface area contributed by atoms with E-state index in [9.17, 15) is 9.59 Å². The Kier molecular flexibility index (Phi) is 5.15. The van der Waals surface area contributed by atoms with E-state index in [0.717, 1.165) is 0 Å². The van der Waals surface area contributed by atoms with Gasteiger partial charge < -0.3 is 14.6 Å². The molecule has 19 heavy (non-hydrogen) atoms. The molecule has 1 aromatic heterocycles. The van der Waals surface area contributed by atoms with Gasteiger partial charge in [0.15, 0.2) is 0 Å². The van der Waals surface area contributed by atoms with Crippen molar-refractivity contribution in [2.45, 2.75) is 33.7 Å². The number of aromatic nitrogens is 1. The highest BCUT2D eigenvalue weighted by molar-refractivity contribution is 5.94. The van der Waals surface area contributed by atoms with Crippen molar-refractivity contribution in [2.75, 3.05) is 13.1 Å². The molecule has 0 saturated carbocycles. The van der Waals surface area contributed by atoms with E-state index < -0.39 is 5.97 Å². The lowest BCUT2D eigenvalue weighted by Gasteiger charge is -2.24. The molecular weight excluding hydrogens is 244 g/mol. The lowest BCUT2D eigenvalue weighted by molar-refractivity contribution is -0.137. The Morgan fingerprint density at radius 2 is 1.95 bits per heavy atom. The number of amides is 1. The van der Waals surface area contributed by atoms with Crippen LogP contribution >= 0.6 is 0 Å². The second-order valence-corrected chi connectivity index (χ2v) is 5.37. The fraction of sp³-hybridized carbons (Fsp3) is 0.571. The summed E-state index contributed by atoms with van der Waals surface area (Å²) in [5.41, 5.74) is 0.539. The number of carboxylic acids is 1. The summed E-state index contributed by atoms with van der Waals surface area (Å²) >= 11 is 0. The molecule has 0 fully saturated rings. The van der Waals surface area contributed by atoms with E-state index in [-0.39, 0.29) is 24.4 Å². The molecule has 0 bridgehead atoms. The van der Waals surface area contributed by atoms with Crippen LogP contribution in [0.15, 0.2) is 18.3 Å². The zero-order valence-electron chi connectivity index (χ0n) is 12.0. The second-order valence-electron chi connectivity index (χ2n) is 5.37. The van der Waals surface area contributed by atoms with E-state index in [2.05, 4.69) is 0 Å². The van der Waals surface area contributed by atoms with Crippen molar-refractivity contribution in [1.82, 2.24) is 9.47 Å². The zero-order valence-corrected chi connectivity index (χ0v) is 12.0. The SMILES string of the molecule is CC(C)CN(CC(=O)O)C(=O)c1cccn1C(C)C. The molecule has 0 aromatic carbocycles. The smallest absolute Gasteiger partial charge is 0.323 e. The minimum Gasteiger partial charge on any atom is -0.480 e. The van der Waals surface area contributed by atoms with E-state index in [1.807, 2.05) is 44.5 Å². The van der Waals surface area contributed by atoms with Crippen LogP contribution in [0, 0.1) is 5.92 Å². The molecule has 0 saturated heterocycles. The summed E-state index contributed by atoms with van der Waals surface area (Å²) in [6.07, 6.45) is 1.84. The van der Waals surface area contributed by atoms with Crippen LogP contribution in [-0.4, -0.2) is 39.5 Å². The lowest BCUT2D eigenvalue weighted by Crippen LogP contribution is -2.39. The minimum absolute atomic E-state index is 0.166. The molecule has 0 aliphatic carbocycles. The van der Waals surface area contributed by atoms with Gasteiger partial charge in [0, 0.05) is 18.8 Å². The molecule has 0 atom stereocenters. The van der Waals surface area contributed by atoms with E-state index >= 15 is 0 Å². The van der Waals surface area contributed by atoms with Crippen molar-refractivity contribution in [1.29, 1.82) is 0 Å². The summed E-state index contributed by atoms with van der Waals surface area (Å²) in [5, 5.41) is 8.92. The summed E-state index contributed by atoms with van der Waals surface area (Å²) in [6, 6.07) is 3.71. The molecule has 0 aliphatic heterocycles. The van der Waals surface area contributed by atoms with E-state index in [4.69, 9.17) is 5.11 Å². The fourth-order valence-electron chi connectivity index (χ4n) is 2.01. The number of nitrogens with zero attached hydrogens (tertiary/aromatic N) is 2. The largest absolute Gasteiger partial charge is 0.480 e. The predicted octanol–water partition coefficient (Wildman–Crippen LogP) is 2.25. The van der Waals surface area contributed by atoms with Gasteiger partial charge in [-0.3, -0.25) is 9.59 Å². The molecule has 1 aromatic rings. The first kappa shape index (κ1) is 15.3. The third kappa shape index (κ3) is 4.12. The number of carbonyl (C=O) groups excluding carboxylic acids is 1. The van der Waals surface area contributed by atoms with Gasteiger partial charge in [-0.25, -0.2) is 0 Å². The highest BCUT2D eigenvalue weighted by Crippen LogP contribution is 2.14. The van der Waals surface area contributed by atoms with Gasteiger partial charge in [0.1, 0.15) is 12.2 Å². The Balaban J connectivity index is 2.97. The highest BCUT2D eigenvalue weighted by Gasteiger charge is 2.22. The number of carbonyl (C=O) groups is 2. The molecule has 1 rings (SSSR count). The Labute approximate surface area is 113 Å². The maximum atomic E-state index is 12.4. The van der Waals surface area contributed by atoms with Crippen molar-refractivity contribution in [3.63, 3.8) is 0 Å². The van der Waals surface area contributed by atoms with Gasteiger partial charge in [-0.1, -0.05) is 13.8 Å². The van der Waals surface area contributed by atoms with Crippen LogP contribution in [-0.2, 0) is 4.79 Å². The van der Waals surface area contributed by atoms with Crippen LogP contribution in [0.3, 0.4) is 0 Å². The van der Waals surface area contributed by atoms with Gasteiger partial charge >= 0.3 is 5.97 Å². The maximum absolute atomic E-state index is 12.4. The van der Waals surface area contributed by atoms with E-state index in [1.165, 1.54) is 4.90 Å². The third-order valence-corrected chi connectivity index (χ3v) is 2.75. The van der Waals surface area contributed by atoms with Crippen LogP contribution in [0.2, 0.25) is 0 Å². The first-order valence-corrected chi connectivity index (χ1v) is 6.50. The molecule has 5 heteroatoms. The monoisotopic (exact) mass is 266 g/mol. The number of aliphatic carboxylic acids is 1. The van der Waals surface area contributed by atoms with Gasteiger partial charge in [-0.15, -0.1) is 0 Å². The molecule has 5 nitrogen and oxygen atoms in total. The Morgan fingerprint density at radius 1 is 1.32 bits per heavy atom. The molecular formula is C14H22N2O3. The fourth-order valence-corrected chi connectivity index (χ4v) is 2.01. The van der Waals surface area contributed by atoms with Gasteiger partial charge in [0.05, 0.1) is 0 Å². The van der Waals surface area contributed by atoms with Crippen molar-refractivity contribution >= 4 is 11.9 Å². The van der Waals surface area contributed by atoms with Crippen LogP contribution in [0.5, 0.6) is 0 Å². The topological polar surface area (TPSA) is 62.5 Å². The van der Waals surface area contributed by atoms with Crippen LogP contribution < -0.4 is 0 Å². The standard InChI is InChI=1S/C14H22N2O3/c1-10(2)8-15(9-13(17)18)14(19)12-6-5-7-16(12)11(3)4/h5-7,10-11H,8-9H2,1-4H3,(H,17,18). The van der Waals surface area contributed by atoms with Crippen molar-refractivity contribution < 1.29 is 14.7 Å². The Hall–Kier alpha value is -1.78. The third-order valence-electron chi connectivity index (χ3n) is 2.75. The first-order chi connectivity index (χ1) is 8.82. The Morgan fingerprint density at radius 3 is 2.42 bits per heavy atom. The number of rotatable bonds is 6. The summed E-state index contributed by atoms with van der Waals surface area (Å²) in [4.78, 5) is 24.7. The van der Waals surface area contributed by atoms with Crippen molar-refractivity contribution in [3.05, 3.63) is 24.0 Å². The summed E-state index contributed by atoms with van der Waals surface area (Å²) in [5.74, 6) is -0.989. The summed E-state index contributed by atoms with van der Waals surface area (Å²) in [6.45, 7) is 8.07. The van der Waals surface area contributed by atoms with Gasteiger partial charge in [0.2, 0.25) is 0 Å². The quantitative estimate of drug-likeness (QED) is 0.859. The molecule has 106 valence electrons. The Bertz CT molecular complexity index is 449. The molecule has 1 amide bonds.